The highest BCUT2D eigenvalue weighted by Gasteiger charge is 2.26. The van der Waals surface area contributed by atoms with Crippen molar-refractivity contribution in [1.29, 1.82) is 0 Å². The second-order valence-corrected chi connectivity index (χ2v) is 4.83. The second-order valence-electron chi connectivity index (χ2n) is 4.83. The van der Waals surface area contributed by atoms with Gasteiger partial charge in [-0.15, -0.1) is 0 Å². The highest BCUT2D eigenvalue weighted by atomic mass is 16.5. The molecule has 0 aromatic carbocycles. The molecule has 0 spiro atoms. The summed E-state index contributed by atoms with van der Waals surface area (Å²) in [4.78, 5) is 4.32. The molecule has 2 aromatic rings. The molecule has 0 radical (unpaired) electrons. The Morgan fingerprint density at radius 3 is 3.11 bits per heavy atom. The molecule has 5 heteroatoms. The smallest absolute Gasteiger partial charge is 0.240 e. The molecule has 2 N–H and O–H groups in total. The van der Waals surface area contributed by atoms with Crippen molar-refractivity contribution in [1.82, 2.24) is 14.6 Å². The zero-order chi connectivity index (χ0) is 12.4. The summed E-state index contributed by atoms with van der Waals surface area (Å²) in [6.45, 7) is 0.688. The van der Waals surface area contributed by atoms with Gasteiger partial charge in [0, 0.05) is 18.3 Å². The molecular formula is C13H18N4O. The first-order chi connectivity index (χ1) is 8.88. The summed E-state index contributed by atoms with van der Waals surface area (Å²) in [5.74, 6) is 1.11. The van der Waals surface area contributed by atoms with Crippen LogP contribution in [0.3, 0.4) is 0 Å². The van der Waals surface area contributed by atoms with Crippen LogP contribution in [-0.4, -0.2) is 27.2 Å². The summed E-state index contributed by atoms with van der Waals surface area (Å²) < 4.78 is 7.86. The Labute approximate surface area is 106 Å². The van der Waals surface area contributed by atoms with Crippen LogP contribution in [0.2, 0.25) is 0 Å². The van der Waals surface area contributed by atoms with Gasteiger partial charge in [0.1, 0.15) is 11.6 Å². The lowest BCUT2D eigenvalue weighted by Crippen LogP contribution is -2.35. The van der Waals surface area contributed by atoms with E-state index in [0.29, 0.717) is 18.3 Å². The van der Waals surface area contributed by atoms with Gasteiger partial charge in [-0.3, -0.25) is 0 Å². The van der Waals surface area contributed by atoms with Gasteiger partial charge in [0.25, 0.3) is 0 Å². The van der Waals surface area contributed by atoms with Crippen LogP contribution in [0.4, 0.5) is 0 Å². The highest BCUT2D eigenvalue weighted by Crippen LogP contribution is 2.28. The Bertz CT molecular complexity index is 524. The van der Waals surface area contributed by atoms with Crippen LogP contribution in [0.25, 0.3) is 5.52 Å². The average molecular weight is 246 g/mol. The number of nitrogens with zero attached hydrogens (tertiary/aromatic N) is 3. The predicted octanol–water partition coefficient (Wildman–Crippen LogP) is 1.63. The zero-order valence-electron chi connectivity index (χ0n) is 10.3. The molecule has 18 heavy (non-hydrogen) atoms. The van der Waals surface area contributed by atoms with Gasteiger partial charge < -0.3 is 10.5 Å². The molecule has 2 atom stereocenters. The van der Waals surface area contributed by atoms with Crippen molar-refractivity contribution in [3.63, 3.8) is 0 Å². The van der Waals surface area contributed by atoms with Gasteiger partial charge in [-0.05, 0) is 31.9 Å². The number of hydrogen-bond donors (Lipinski definition) is 1. The monoisotopic (exact) mass is 246 g/mol. The van der Waals surface area contributed by atoms with Gasteiger partial charge in [0.05, 0.1) is 6.20 Å². The summed E-state index contributed by atoms with van der Waals surface area (Å²) in [6.07, 6.45) is 10.2. The normalized spacial score (nSPS) is 24.3. The molecule has 0 aliphatic heterocycles. The first-order valence-corrected chi connectivity index (χ1v) is 6.53. The Morgan fingerprint density at radius 2 is 2.22 bits per heavy atom. The summed E-state index contributed by atoms with van der Waals surface area (Å²) in [5.41, 5.74) is 6.74. The van der Waals surface area contributed by atoms with Crippen LogP contribution in [0.15, 0.2) is 24.7 Å². The van der Waals surface area contributed by atoms with Crippen molar-refractivity contribution < 1.29 is 4.74 Å². The van der Waals surface area contributed by atoms with Crippen LogP contribution in [0.5, 0.6) is 5.88 Å². The van der Waals surface area contributed by atoms with Crippen molar-refractivity contribution in [2.45, 2.75) is 31.8 Å². The first kappa shape index (κ1) is 11.5. The van der Waals surface area contributed by atoms with Gasteiger partial charge in [0.2, 0.25) is 5.88 Å². The molecule has 0 amide bonds. The molecule has 0 bridgehead atoms. The fourth-order valence-electron chi connectivity index (χ4n) is 2.67. The van der Waals surface area contributed by atoms with Gasteiger partial charge >= 0.3 is 0 Å². The number of rotatable bonds is 3. The summed E-state index contributed by atoms with van der Waals surface area (Å²) >= 11 is 0. The second kappa shape index (κ2) is 4.94. The van der Waals surface area contributed by atoms with E-state index in [1.807, 2.05) is 12.3 Å². The van der Waals surface area contributed by atoms with E-state index in [1.165, 1.54) is 12.8 Å². The SMILES string of the molecule is NCC1CCCCC1Oc1nccn2nccc12. The fraction of sp³-hybridized carbons (Fsp3) is 0.538. The zero-order valence-corrected chi connectivity index (χ0v) is 10.3. The minimum atomic E-state index is 0.192. The molecule has 1 aliphatic rings. The topological polar surface area (TPSA) is 65.4 Å². The quantitative estimate of drug-likeness (QED) is 0.893. The molecule has 1 saturated carbocycles. The predicted molar refractivity (Wildman–Crippen MR) is 68.4 cm³/mol. The van der Waals surface area contributed by atoms with E-state index in [-0.39, 0.29) is 6.10 Å². The maximum Gasteiger partial charge on any atom is 0.240 e. The maximum atomic E-state index is 6.08. The van der Waals surface area contributed by atoms with E-state index in [1.54, 1.807) is 16.9 Å². The Hall–Kier alpha value is -1.62. The number of aromatic nitrogens is 3. The lowest BCUT2D eigenvalue weighted by atomic mass is 9.86. The van der Waals surface area contributed by atoms with E-state index in [9.17, 15) is 0 Å². The van der Waals surface area contributed by atoms with Gasteiger partial charge in [0.15, 0.2) is 0 Å². The van der Waals surface area contributed by atoms with Crippen LogP contribution in [-0.2, 0) is 0 Å². The molecule has 2 heterocycles. The van der Waals surface area contributed by atoms with Gasteiger partial charge in [-0.2, -0.15) is 5.10 Å². The van der Waals surface area contributed by atoms with E-state index in [0.717, 1.165) is 18.4 Å². The number of nitrogens with two attached hydrogens (primary N) is 1. The maximum absolute atomic E-state index is 6.08. The molecular weight excluding hydrogens is 228 g/mol. The lowest BCUT2D eigenvalue weighted by molar-refractivity contribution is 0.0935. The van der Waals surface area contributed by atoms with Crippen molar-refractivity contribution in [2.75, 3.05) is 6.54 Å². The molecule has 5 nitrogen and oxygen atoms in total. The van der Waals surface area contributed by atoms with Crippen LogP contribution in [0.1, 0.15) is 25.7 Å². The van der Waals surface area contributed by atoms with Crippen molar-refractivity contribution in [2.24, 2.45) is 11.7 Å². The molecule has 3 rings (SSSR count). The molecule has 96 valence electrons. The summed E-state index contributed by atoms with van der Waals surface area (Å²) in [5, 5.41) is 4.18. The van der Waals surface area contributed by atoms with Crippen LogP contribution < -0.4 is 10.5 Å². The number of hydrogen-bond acceptors (Lipinski definition) is 4. The lowest BCUT2D eigenvalue weighted by Gasteiger charge is -2.30. The largest absolute Gasteiger partial charge is 0.472 e. The van der Waals surface area contributed by atoms with Gasteiger partial charge in [-0.25, -0.2) is 9.50 Å². The van der Waals surface area contributed by atoms with Crippen molar-refractivity contribution in [3.8, 4) is 5.88 Å². The minimum Gasteiger partial charge on any atom is -0.472 e. The van der Waals surface area contributed by atoms with Crippen LogP contribution in [0, 0.1) is 5.92 Å². The fourth-order valence-corrected chi connectivity index (χ4v) is 2.67. The molecule has 1 fully saturated rings. The van der Waals surface area contributed by atoms with Gasteiger partial charge in [-0.1, -0.05) is 6.42 Å². The summed E-state index contributed by atoms with van der Waals surface area (Å²) in [7, 11) is 0. The molecule has 1 aliphatic carbocycles. The minimum absolute atomic E-state index is 0.192. The molecule has 0 saturated heterocycles. The number of fused-ring (bicyclic) bond motifs is 1. The van der Waals surface area contributed by atoms with E-state index in [2.05, 4.69) is 10.1 Å². The third-order valence-electron chi connectivity index (χ3n) is 3.69. The standard InChI is InChI=1S/C13H18N4O/c14-9-10-3-1-2-4-12(10)18-13-11-5-6-16-17(11)8-7-15-13/h5-8,10,12H,1-4,9,14H2. The summed E-state index contributed by atoms with van der Waals surface area (Å²) in [6, 6.07) is 1.92. The van der Waals surface area contributed by atoms with Crippen molar-refractivity contribution >= 4 is 5.52 Å². The average Bonchev–Trinajstić information content (AvgIpc) is 2.89. The van der Waals surface area contributed by atoms with E-state index >= 15 is 0 Å². The Balaban J connectivity index is 1.84. The molecule has 2 unspecified atom stereocenters. The Kier molecular flexibility index (Phi) is 3.15. The molecule has 2 aromatic heterocycles. The van der Waals surface area contributed by atoms with Crippen LogP contribution >= 0.6 is 0 Å². The number of ether oxygens (including phenoxy) is 1. The van der Waals surface area contributed by atoms with Crippen molar-refractivity contribution in [3.05, 3.63) is 24.7 Å². The third-order valence-corrected chi connectivity index (χ3v) is 3.69. The first-order valence-electron chi connectivity index (χ1n) is 6.53. The Morgan fingerprint density at radius 1 is 1.33 bits per heavy atom. The van der Waals surface area contributed by atoms with E-state index in [4.69, 9.17) is 10.5 Å². The third kappa shape index (κ3) is 2.06. The van der Waals surface area contributed by atoms with E-state index < -0.39 is 0 Å². The highest BCUT2D eigenvalue weighted by molar-refractivity contribution is 5.54.